The Morgan fingerprint density at radius 1 is 1.17 bits per heavy atom. The summed E-state index contributed by atoms with van der Waals surface area (Å²) in [6, 6.07) is 8.57. The maximum atomic E-state index is 12.1. The van der Waals surface area contributed by atoms with Gasteiger partial charge in [0.1, 0.15) is 5.75 Å². The van der Waals surface area contributed by atoms with E-state index in [-0.39, 0.29) is 5.91 Å². The third-order valence-corrected chi connectivity index (χ3v) is 7.44. The number of aliphatic hydroxyl groups is 1. The lowest BCUT2D eigenvalue weighted by molar-refractivity contribution is -0.133. The minimum Gasteiger partial charge on any atom is -0.497 e. The summed E-state index contributed by atoms with van der Waals surface area (Å²) >= 11 is 0. The van der Waals surface area contributed by atoms with Crippen LogP contribution in [0.15, 0.2) is 24.3 Å². The minimum atomic E-state index is -0.618. The van der Waals surface area contributed by atoms with E-state index in [2.05, 4.69) is 26.8 Å². The molecule has 0 unspecified atom stereocenters. The molecule has 30 heavy (non-hydrogen) atoms. The molecule has 1 aromatic rings. The molecule has 3 aliphatic heterocycles. The molecule has 0 radical (unpaired) electrons. The monoisotopic (exact) mass is 415 g/mol. The Labute approximate surface area is 180 Å². The number of methoxy groups -OCH3 is 1. The first-order valence-electron chi connectivity index (χ1n) is 11.6. The fraction of sp³-hybridized carbons (Fsp3) is 0.708. The zero-order chi connectivity index (χ0) is 21.1. The quantitative estimate of drug-likeness (QED) is 0.820. The smallest absolute Gasteiger partial charge is 0.219 e. The van der Waals surface area contributed by atoms with Crippen LogP contribution in [0.25, 0.3) is 0 Å². The predicted octanol–water partition coefficient (Wildman–Crippen LogP) is 2.75. The summed E-state index contributed by atoms with van der Waals surface area (Å²) in [6.07, 6.45) is 6.14. The van der Waals surface area contributed by atoms with Gasteiger partial charge in [0.05, 0.1) is 12.7 Å². The van der Waals surface area contributed by atoms with Crippen LogP contribution in [0.4, 0.5) is 5.69 Å². The first kappa shape index (κ1) is 21.4. The molecule has 0 aromatic heterocycles. The summed E-state index contributed by atoms with van der Waals surface area (Å²) in [5.74, 6) is 1.65. The number of nitrogens with zero attached hydrogens (tertiary/aromatic N) is 3. The third-order valence-electron chi connectivity index (χ3n) is 7.44. The molecule has 1 amide bonds. The number of fused-ring (bicyclic) bond motifs is 1. The number of carbonyl (C=O) groups excluding carboxylic acids is 1. The highest BCUT2D eigenvalue weighted by atomic mass is 16.5. The first-order chi connectivity index (χ1) is 14.5. The van der Waals surface area contributed by atoms with Crippen LogP contribution in [-0.4, -0.2) is 78.8 Å². The van der Waals surface area contributed by atoms with Gasteiger partial charge in [0, 0.05) is 64.0 Å². The summed E-state index contributed by atoms with van der Waals surface area (Å²) in [5, 5.41) is 11.3. The fourth-order valence-corrected chi connectivity index (χ4v) is 5.74. The summed E-state index contributed by atoms with van der Waals surface area (Å²) in [5.41, 5.74) is 0.549. The molecule has 6 nitrogen and oxygen atoms in total. The van der Waals surface area contributed by atoms with Gasteiger partial charge in [-0.1, -0.05) is 12.5 Å². The van der Waals surface area contributed by atoms with E-state index < -0.39 is 5.60 Å². The van der Waals surface area contributed by atoms with Crippen molar-refractivity contribution in [1.82, 2.24) is 9.80 Å². The van der Waals surface area contributed by atoms with Gasteiger partial charge >= 0.3 is 0 Å². The van der Waals surface area contributed by atoms with Crippen LogP contribution in [0, 0.1) is 5.92 Å². The number of piperidine rings is 2. The number of likely N-dealkylation sites (tertiary alicyclic amines) is 2. The van der Waals surface area contributed by atoms with Gasteiger partial charge in [-0.25, -0.2) is 0 Å². The van der Waals surface area contributed by atoms with Gasteiger partial charge in [-0.2, -0.15) is 0 Å². The number of amides is 1. The number of benzene rings is 1. The highest BCUT2D eigenvalue weighted by Crippen LogP contribution is 2.33. The number of β-amino-alcohol motifs (C(OH)–C–C–N with tert-alkyl or cyclic N) is 1. The molecule has 6 heteroatoms. The standard InChI is InChI=1S/C24H37N3O3/c1-19(28)27-12-4-3-6-20-17-25(13-9-23(20)27)18-24(29)10-14-26(15-11-24)21-7-5-8-22(16-21)30-2/h5,7-8,16,20,23,29H,3-4,6,9-15,17-18H2,1-2H3/t20-,23+/m0/s1. The maximum absolute atomic E-state index is 12.1. The maximum Gasteiger partial charge on any atom is 0.219 e. The summed E-state index contributed by atoms with van der Waals surface area (Å²) in [6.45, 7) is 7.10. The van der Waals surface area contributed by atoms with Gasteiger partial charge in [0.2, 0.25) is 5.91 Å². The molecule has 0 bridgehead atoms. The summed E-state index contributed by atoms with van der Waals surface area (Å²) in [7, 11) is 1.70. The summed E-state index contributed by atoms with van der Waals surface area (Å²) < 4.78 is 5.35. The molecule has 3 saturated heterocycles. The molecular weight excluding hydrogens is 378 g/mol. The average molecular weight is 416 g/mol. The van der Waals surface area contributed by atoms with Crippen molar-refractivity contribution in [3.8, 4) is 5.75 Å². The Kier molecular flexibility index (Phi) is 6.54. The molecule has 3 heterocycles. The van der Waals surface area contributed by atoms with Gasteiger partial charge in [-0.3, -0.25) is 4.79 Å². The number of rotatable bonds is 4. The average Bonchev–Trinajstić information content (AvgIpc) is 2.96. The largest absolute Gasteiger partial charge is 0.497 e. The highest BCUT2D eigenvalue weighted by molar-refractivity contribution is 5.73. The zero-order valence-corrected chi connectivity index (χ0v) is 18.6. The number of ether oxygens (including phenoxy) is 1. The summed E-state index contributed by atoms with van der Waals surface area (Å²) in [4.78, 5) is 19.0. The normalized spacial score (nSPS) is 27.3. The Balaban J connectivity index is 1.33. The van der Waals surface area contributed by atoms with Crippen molar-refractivity contribution < 1.29 is 14.6 Å². The van der Waals surface area contributed by atoms with Crippen LogP contribution in [-0.2, 0) is 4.79 Å². The number of carbonyl (C=O) groups is 1. The van der Waals surface area contributed by atoms with Crippen molar-refractivity contribution >= 4 is 11.6 Å². The lowest BCUT2D eigenvalue weighted by atomic mass is 9.85. The molecule has 4 rings (SSSR count). The van der Waals surface area contributed by atoms with E-state index >= 15 is 0 Å². The molecular formula is C24H37N3O3. The van der Waals surface area contributed by atoms with Crippen LogP contribution >= 0.6 is 0 Å². The van der Waals surface area contributed by atoms with E-state index in [0.29, 0.717) is 12.0 Å². The Morgan fingerprint density at radius 3 is 2.70 bits per heavy atom. The van der Waals surface area contributed by atoms with Crippen LogP contribution in [0.1, 0.15) is 45.4 Å². The van der Waals surface area contributed by atoms with Crippen LogP contribution in [0.2, 0.25) is 0 Å². The molecule has 0 saturated carbocycles. The molecule has 3 aliphatic rings. The predicted molar refractivity (Wildman–Crippen MR) is 119 cm³/mol. The van der Waals surface area contributed by atoms with E-state index in [1.165, 1.54) is 18.5 Å². The van der Waals surface area contributed by atoms with Crippen LogP contribution in [0.5, 0.6) is 5.75 Å². The SMILES string of the molecule is COc1cccc(N2CCC(O)(CN3CC[C@@H]4[C@@H](CCCCN4C(C)=O)C3)CC2)c1. The van der Waals surface area contributed by atoms with E-state index in [4.69, 9.17) is 4.74 Å². The number of anilines is 1. The number of hydrogen-bond acceptors (Lipinski definition) is 5. The van der Waals surface area contributed by atoms with Gasteiger partial charge in [-0.05, 0) is 50.2 Å². The van der Waals surface area contributed by atoms with E-state index in [9.17, 15) is 9.90 Å². The topological polar surface area (TPSA) is 56.3 Å². The van der Waals surface area contributed by atoms with Crippen molar-refractivity contribution in [2.75, 3.05) is 51.3 Å². The molecule has 3 fully saturated rings. The van der Waals surface area contributed by atoms with Crippen molar-refractivity contribution in [3.05, 3.63) is 24.3 Å². The van der Waals surface area contributed by atoms with E-state index in [1.807, 2.05) is 12.1 Å². The van der Waals surface area contributed by atoms with Crippen molar-refractivity contribution in [3.63, 3.8) is 0 Å². The minimum absolute atomic E-state index is 0.226. The van der Waals surface area contributed by atoms with Crippen LogP contribution in [0.3, 0.4) is 0 Å². The second kappa shape index (κ2) is 9.15. The van der Waals surface area contributed by atoms with Crippen molar-refractivity contribution in [2.45, 2.75) is 57.1 Å². The Hall–Kier alpha value is -1.79. The van der Waals surface area contributed by atoms with Gasteiger partial charge in [0.25, 0.3) is 0 Å². The van der Waals surface area contributed by atoms with E-state index in [0.717, 1.165) is 70.7 Å². The molecule has 0 spiro atoms. The van der Waals surface area contributed by atoms with Crippen molar-refractivity contribution in [2.24, 2.45) is 5.92 Å². The molecule has 2 atom stereocenters. The van der Waals surface area contributed by atoms with Crippen LogP contribution < -0.4 is 9.64 Å². The molecule has 1 N–H and O–H groups in total. The van der Waals surface area contributed by atoms with Crippen molar-refractivity contribution in [1.29, 1.82) is 0 Å². The fourth-order valence-electron chi connectivity index (χ4n) is 5.74. The zero-order valence-electron chi connectivity index (χ0n) is 18.6. The Morgan fingerprint density at radius 2 is 1.97 bits per heavy atom. The van der Waals surface area contributed by atoms with E-state index in [1.54, 1.807) is 14.0 Å². The first-order valence-corrected chi connectivity index (χ1v) is 11.6. The lowest BCUT2D eigenvalue weighted by Gasteiger charge is -2.46. The highest BCUT2D eigenvalue weighted by Gasteiger charge is 2.39. The second-order valence-corrected chi connectivity index (χ2v) is 9.47. The van der Waals surface area contributed by atoms with Gasteiger partial charge in [0.15, 0.2) is 0 Å². The van der Waals surface area contributed by atoms with Gasteiger partial charge < -0.3 is 24.5 Å². The molecule has 0 aliphatic carbocycles. The molecule has 1 aromatic carbocycles. The second-order valence-electron chi connectivity index (χ2n) is 9.47. The van der Waals surface area contributed by atoms with Gasteiger partial charge in [-0.15, -0.1) is 0 Å². The lowest BCUT2D eigenvalue weighted by Crippen LogP contribution is -2.56. The Bertz CT molecular complexity index is 732. The number of hydrogen-bond donors (Lipinski definition) is 1. The third kappa shape index (κ3) is 4.75. The molecule has 166 valence electrons.